The lowest BCUT2D eigenvalue weighted by Gasteiger charge is -2.35. The molecule has 1 N–H and O–H groups in total. The Morgan fingerprint density at radius 3 is 2.48 bits per heavy atom. The number of benzene rings is 1. The van der Waals surface area contributed by atoms with Gasteiger partial charge in [0.2, 0.25) is 15.9 Å². The van der Waals surface area contributed by atoms with Crippen molar-refractivity contribution in [1.29, 1.82) is 0 Å². The fourth-order valence-electron chi connectivity index (χ4n) is 3.17. The topological polar surface area (TPSA) is 82.6 Å². The van der Waals surface area contributed by atoms with Crippen molar-refractivity contribution < 1.29 is 13.2 Å². The molecule has 3 rings (SSSR count). The maximum absolute atomic E-state index is 12.5. The summed E-state index contributed by atoms with van der Waals surface area (Å²) in [4.78, 5) is 20.8. The van der Waals surface area contributed by atoms with Crippen LogP contribution in [0.2, 0.25) is 5.15 Å². The number of hydrogen-bond acceptors (Lipinski definition) is 5. The predicted octanol–water partition coefficient (Wildman–Crippen LogP) is 2.37. The van der Waals surface area contributed by atoms with E-state index in [0.717, 1.165) is 16.9 Å². The number of halogens is 1. The lowest BCUT2D eigenvalue weighted by atomic mass is 10.1. The van der Waals surface area contributed by atoms with Crippen LogP contribution >= 0.6 is 11.6 Å². The minimum atomic E-state index is -3.62. The number of aryl methyl sites for hydroxylation is 2. The van der Waals surface area contributed by atoms with E-state index in [1.807, 2.05) is 26.0 Å². The van der Waals surface area contributed by atoms with Gasteiger partial charge in [-0.1, -0.05) is 23.7 Å². The maximum atomic E-state index is 12.5. The molecule has 1 saturated heterocycles. The molecule has 29 heavy (non-hydrogen) atoms. The van der Waals surface area contributed by atoms with E-state index in [-0.39, 0.29) is 23.8 Å². The standard InChI is InChI=1S/C20H25ClN4O3S/c1-15-6-7-17(14-16(15)2)29(27,28)22-9-8-20(26)25-12-10-24(11-13-25)19-5-3-4-18(21)23-19/h3-7,14,22H,8-13H2,1-2H3. The van der Waals surface area contributed by atoms with E-state index < -0.39 is 10.0 Å². The predicted molar refractivity (Wildman–Crippen MR) is 114 cm³/mol. The Bertz CT molecular complexity index is 989. The van der Waals surface area contributed by atoms with Gasteiger partial charge in [-0.15, -0.1) is 0 Å². The summed E-state index contributed by atoms with van der Waals surface area (Å²) in [7, 11) is -3.62. The van der Waals surface area contributed by atoms with Crippen LogP contribution in [0.1, 0.15) is 17.5 Å². The first-order chi connectivity index (χ1) is 13.8. The summed E-state index contributed by atoms with van der Waals surface area (Å²) in [6.45, 7) is 6.33. The van der Waals surface area contributed by atoms with Gasteiger partial charge in [0, 0.05) is 39.1 Å². The van der Waals surface area contributed by atoms with Crippen LogP contribution in [-0.2, 0) is 14.8 Å². The fourth-order valence-corrected chi connectivity index (χ4v) is 4.45. The number of nitrogens with zero attached hydrogens (tertiary/aromatic N) is 3. The number of pyridine rings is 1. The summed E-state index contributed by atoms with van der Waals surface area (Å²) in [6.07, 6.45) is 0.124. The molecule has 0 aliphatic carbocycles. The Kier molecular flexibility index (Phi) is 6.77. The minimum Gasteiger partial charge on any atom is -0.353 e. The molecule has 156 valence electrons. The number of hydrogen-bond donors (Lipinski definition) is 1. The molecular formula is C20H25ClN4O3S. The molecule has 0 radical (unpaired) electrons. The van der Waals surface area contributed by atoms with Crippen molar-refractivity contribution in [1.82, 2.24) is 14.6 Å². The van der Waals surface area contributed by atoms with Crippen molar-refractivity contribution in [2.75, 3.05) is 37.6 Å². The molecule has 1 aromatic carbocycles. The average molecular weight is 437 g/mol. The highest BCUT2D eigenvalue weighted by atomic mass is 35.5. The molecule has 1 amide bonds. The number of rotatable bonds is 6. The van der Waals surface area contributed by atoms with Crippen LogP contribution in [-0.4, -0.2) is 56.9 Å². The molecule has 9 heteroatoms. The van der Waals surface area contributed by atoms with Gasteiger partial charge in [-0.25, -0.2) is 18.1 Å². The van der Waals surface area contributed by atoms with Crippen molar-refractivity contribution in [3.8, 4) is 0 Å². The molecule has 0 spiro atoms. The molecule has 1 aliphatic heterocycles. The Labute approximate surface area is 176 Å². The third kappa shape index (κ3) is 5.46. The van der Waals surface area contributed by atoms with Crippen molar-refractivity contribution in [2.24, 2.45) is 0 Å². The van der Waals surface area contributed by atoms with Gasteiger partial charge in [0.05, 0.1) is 4.90 Å². The molecule has 7 nitrogen and oxygen atoms in total. The Morgan fingerprint density at radius 1 is 1.10 bits per heavy atom. The molecule has 0 atom stereocenters. The second-order valence-electron chi connectivity index (χ2n) is 7.08. The van der Waals surface area contributed by atoms with Crippen LogP contribution in [0.3, 0.4) is 0 Å². The fraction of sp³-hybridized carbons (Fsp3) is 0.400. The van der Waals surface area contributed by atoms with Crippen LogP contribution in [0.4, 0.5) is 5.82 Å². The first-order valence-electron chi connectivity index (χ1n) is 9.48. The number of amides is 1. The largest absolute Gasteiger partial charge is 0.353 e. The van der Waals surface area contributed by atoms with Crippen LogP contribution < -0.4 is 9.62 Å². The lowest BCUT2D eigenvalue weighted by Crippen LogP contribution is -2.49. The van der Waals surface area contributed by atoms with Gasteiger partial charge in [-0.2, -0.15) is 0 Å². The van der Waals surface area contributed by atoms with E-state index in [0.29, 0.717) is 31.3 Å². The zero-order chi connectivity index (χ0) is 21.0. The quantitative estimate of drug-likeness (QED) is 0.703. The highest BCUT2D eigenvalue weighted by Gasteiger charge is 2.22. The van der Waals surface area contributed by atoms with E-state index in [1.54, 1.807) is 29.2 Å². The molecule has 1 fully saturated rings. The normalized spacial score (nSPS) is 14.9. The van der Waals surface area contributed by atoms with Crippen LogP contribution in [0.5, 0.6) is 0 Å². The molecule has 1 aliphatic rings. The third-order valence-electron chi connectivity index (χ3n) is 5.08. The molecule has 1 aromatic heterocycles. The highest BCUT2D eigenvalue weighted by molar-refractivity contribution is 7.89. The second-order valence-corrected chi connectivity index (χ2v) is 9.23. The summed E-state index contributed by atoms with van der Waals surface area (Å²) in [6, 6.07) is 10.5. The Morgan fingerprint density at radius 2 is 1.83 bits per heavy atom. The van der Waals surface area contributed by atoms with Crippen LogP contribution in [0, 0.1) is 13.8 Å². The van der Waals surface area contributed by atoms with E-state index >= 15 is 0 Å². The van der Waals surface area contributed by atoms with Crippen molar-refractivity contribution in [2.45, 2.75) is 25.2 Å². The van der Waals surface area contributed by atoms with Crippen LogP contribution in [0.15, 0.2) is 41.3 Å². The van der Waals surface area contributed by atoms with Gasteiger partial charge in [0.15, 0.2) is 0 Å². The maximum Gasteiger partial charge on any atom is 0.240 e. The second kappa shape index (κ2) is 9.11. The zero-order valence-corrected chi connectivity index (χ0v) is 18.1. The minimum absolute atomic E-state index is 0.0634. The van der Waals surface area contributed by atoms with E-state index in [9.17, 15) is 13.2 Å². The number of nitrogens with one attached hydrogen (secondary N) is 1. The summed E-state index contributed by atoms with van der Waals surface area (Å²) >= 11 is 5.94. The molecular weight excluding hydrogens is 412 g/mol. The molecule has 0 unspecified atom stereocenters. The molecule has 0 bridgehead atoms. The number of aromatic nitrogens is 1. The Balaban J connectivity index is 1.48. The van der Waals surface area contributed by atoms with E-state index in [2.05, 4.69) is 14.6 Å². The average Bonchev–Trinajstić information content (AvgIpc) is 2.70. The molecule has 0 saturated carbocycles. The molecule has 2 heterocycles. The van der Waals surface area contributed by atoms with E-state index in [1.165, 1.54) is 0 Å². The smallest absolute Gasteiger partial charge is 0.240 e. The van der Waals surface area contributed by atoms with Gasteiger partial charge in [-0.3, -0.25) is 4.79 Å². The zero-order valence-electron chi connectivity index (χ0n) is 16.6. The summed E-state index contributed by atoms with van der Waals surface area (Å²) < 4.78 is 27.4. The third-order valence-corrected chi connectivity index (χ3v) is 6.75. The number of carbonyl (C=O) groups excluding carboxylic acids is 1. The number of piperazine rings is 1. The number of anilines is 1. The van der Waals surface area contributed by atoms with Gasteiger partial charge in [0.25, 0.3) is 0 Å². The monoisotopic (exact) mass is 436 g/mol. The van der Waals surface area contributed by atoms with Crippen molar-refractivity contribution in [3.63, 3.8) is 0 Å². The SMILES string of the molecule is Cc1ccc(S(=O)(=O)NCCC(=O)N2CCN(c3cccc(Cl)n3)CC2)cc1C. The first-order valence-corrected chi connectivity index (χ1v) is 11.3. The summed E-state index contributed by atoms with van der Waals surface area (Å²) in [5.41, 5.74) is 1.95. The molecule has 2 aromatic rings. The van der Waals surface area contributed by atoms with Gasteiger partial charge < -0.3 is 9.80 Å². The van der Waals surface area contributed by atoms with Gasteiger partial charge in [-0.05, 0) is 49.2 Å². The van der Waals surface area contributed by atoms with Crippen molar-refractivity contribution in [3.05, 3.63) is 52.7 Å². The van der Waals surface area contributed by atoms with Crippen molar-refractivity contribution >= 4 is 33.3 Å². The number of sulfonamides is 1. The highest BCUT2D eigenvalue weighted by Crippen LogP contribution is 2.17. The summed E-state index contributed by atoms with van der Waals surface area (Å²) in [5.74, 6) is 0.734. The number of carbonyl (C=O) groups is 1. The van der Waals surface area contributed by atoms with Gasteiger partial charge >= 0.3 is 0 Å². The lowest BCUT2D eigenvalue weighted by molar-refractivity contribution is -0.131. The summed E-state index contributed by atoms with van der Waals surface area (Å²) in [5, 5.41) is 0.442. The van der Waals surface area contributed by atoms with Gasteiger partial charge in [0.1, 0.15) is 11.0 Å². The van der Waals surface area contributed by atoms with E-state index in [4.69, 9.17) is 11.6 Å². The Hall–Kier alpha value is -2.16. The first kappa shape index (κ1) is 21.5. The van der Waals surface area contributed by atoms with Crippen LogP contribution in [0.25, 0.3) is 0 Å².